The van der Waals surface area contributed by atoms with Gasteiger partial charge in [0.25, 0.3) is 0 Å². The predicted octanol–water partition coefficient (Wildman–Crippen LogP) is 2.38. The lowest BCUT2D eigenvalue weighted by molar-refractivity contribution is -0.138. The molecule has 1 aromatic carbocycles. The molecule has 0 aliphatic carbocycles. The molecule has 4 aromatic rings. The molecule has 1 amide bonds. The molecule has 3 atom stereocenters. The van der Waals surface area contributed by atoms with E-state index in [9.17, 15) is 23.4 Å². The fourth-order valence-corrected chi connectivity index (χ4v) is 7.24. The van der Waals surface area contributed by atoms with Crippen LogP contribution in [0.3, 0.4) is 0 Å². The molecule has 0 saturated carbocycles. The van der Waals surface area contributed by atoms with E-state index in [4.69, 9.17) is 10.7 Å². The third-order valence-electron chi connectivity index (χ3n) is 7.80. The number of anilines is 1. The number of fused-ring (bicyclic) bond motifs is 3. The van der Waals surface area contributed by atoms with Gasteiger partial charge in [0.05, 0.1) is 11.9 Å². The monoisotopic (exact) mass is 548 g/mol. The largest absolute Gasteiger partial charge is 0.506 e. The number of rotatable bonds is 5. The molecular weight excluding hydrogens is 520 g/mol. The first-order valence-corrected chi connectivity index (χ1v) is 14.6. The van der Waals surface area contributed by atoms with Crippen molar-refractivity contribution >= 4 is 27.2 Å². The fraction of sp³-hybridized carbons (Fsp3) is 0.333. The first-order chi connectivity index (χ1) is 18.7. The Hall–Kier alpha value is -4.03. The molecule has 12 heteroatoms. The highest BCUT2D eigenvalue weighted by Crippen LogP contribution is 2.45. The number of aromatic hydroxyl groups is 1. The van der Waals surface area contributed by atoms with Crippen LogP contribution in [0.25, 0.3) is 28.0 Å². The van der Waals surface area contributed by atoms with Crippen molar-refractivity contribution in [3.63, 3.8) is 0 Å². The molecule has 1 unspecified atom stereocenters. The molecule has 0 spiro atoms. The minimum absolute atomic E-state index is 0.0171. The maximum absolute atomic E-state index is 13.0. The number of hydrogen-bond donors (Lipinski definition) is 3. The lowest BCUT2D eigenvalue weighted by Crippen LogP contribution is -2.47. The number of hydrogen-bond acceptors (Lipinski definition) is 9. The molecule has 2 aliphatic rings. The Morgan fingerprint density at radius 3 is 2.41 bits per heavy atom. The number of benzene rings is 1. The second-order valence-electron chi connectivity index (χ2n) is 10.2. The van der Waals surface area contributed by atoms with Crippen LogP contribution in [0.2, 0.25) is 0 Å². The van der Waals surface area contributed by atoms with E-state index in [2.05, 4.69) is 10.1 Å². The Bertz CT molecular complexity index is 1690. The van der Waals surface area contributed by atoms with Crippen LogP contribution in [0.15, 0.2) is 53.7 Å². The number of carbonyl (C=O) groups excluding carboxylic acids is 1. The maximum atomic E-state index is 13.0. The number of nitrogen functional groups attached to an aromatic ring is 1. The van der Waals surface area contributed by atoms with Gasteiger partial charge in [-0.2, -0.15) is 9.61 Å². The standard InChI is InChI=1S/C27H28N6O5S/c1-39(37,38)25-24(16-9-18-7-8-19(10-16)32(18)22(36)14-34)31-27-20(13-30-33(27)26(25)28)17-11-21(35)23(29-12-17)15-5-3-2-4-6-15/h2-6,11-13,16,18-19,34-35H,7-10,14,28H2,1H3/t16?,18-,19+. The minimum Gasteiger partial charge on any atom is -0.506 e. The van der Waals surface area contributed by atoms with E-state index in [1.54, 1.807) is 17.2 Å². The number of nitrogens with two attached hydrogens (primary N) is 1. The minimum atomic E-state index is -3.77. The summed E-state index contributed by atoms with van der Waals surface area (Å²) in [5.74, 6) is -0.618. The van der Waals surface area contributed by atoms with Crippen LogP contribution in [0, 0.1) is 0 Å². The van der Waals surface area contributed by atoms with Gasteiger partial charge < -0.3 is 20.8 Å². The molecule has 2 saturated heterocycles. The number of amides is 1. The summed E-state index contributed by atoms with van der Waals surface area (Å²) in [5.41, 5.74) is 9.44. The van der Waals surface area contributed by atoms with Crippen LogP contribution < -0.4 is 5.73 Å². The van der Waals surface area contributed by atoms with Gasteiger partial charge in [-0.05, 0) is 31.7 Å². The smallest absolute Gasteiger partial charge is 0.248 e. The third-order valence-corrected chi connectivity index (χ3v) is 8.96. The van der Waals surface area contributed by atoms with Gasteiger partial charge in [0.15, 0.2) is 15.5 Å². The summed E-state index contributed by atoms with van der Waals surface area (Å²) >= 11 is 0. The number of nitrogens with zero attached hydrogens (tertiary/aromatic N) is 5. The Labute approximate surface area is 224 Å². The third kappa shape index (κ3) is 4.20. The molecule has 2 bridgehead atoms. The second kappa shape index (κ2) is 9.31. The van der Waals surface area contributed by atoms with Gasteiger partial charge in [0.1, 0.15) is 28.8 Å². The van der Waals surface area contributed by atoms with E-state index < -0.39 is 16.4 Å². The molecule has 0 radical (unpaired) electrons. The fourth-order valence-electron chi connectivity index (χ4n) is 6.19. The van der Waals surface area contributed by atoms with Crippen molar-refractivity contribution in [3.05, 3.63) is 54.5 Å². The van der Waals surface area contributed by atoms with E-state index in [1.807, 2.05) is 30.3 Å². The summed E-state index contributed by atoms with van der Waals surface area (Å²) in [6.07, 6.45) is 6.85. The Morgan fingerprint density at radius 2 is 1.79 bits per heavy atom. The zero-order valence-electron chi connectivity index (χ0n) is 21.2. The molecule has 6 rings (SSSR count). The number of aliphatic hydroxyl groups is 1. The molecular formula is C27H28N6O5S. The quantitative estimate of drug-likeness (QED) is 0.340. The molecule has 5 heterocycles. The number of carbonyl (C=O) groups is 1. The van der Waals surface area contributed by atoms with Crippen LogP contribution in [0.1, 0.15) is 37.3 Å². The topological polar surface area (TPSA) is 164 Å². The van der Waals surface area contributed by atoms with Crippen LogP contribution >= 0.6 is 0 Å². The highest BCUT2D eigenvalue weighted by Gasteiger charge is 2.45. The van der Waals surface area contributed by atoms with E-state index in [1.165, 1.54) is 10.7 Å². The van der Waals surface area contributed by atoms with Crippen molar-refractivity contribution in [2.45, 2.75) is 48.6 Å². The molecule has 2 aliphatic heterocycles. The zero-order valence-corrected chi connectivity index (χ0v) is 22.0. The molecule has 202 valence electrons. The first-order valence-electron chi connectivity index (χ1n) is 12.7. The number of pyridine rings is 1. The summed E-state index contributed by atoms with van der Waals surface area (Å²) in [5, 5.41) is 24.5. The average Bonchev–Trinajstić information content (AvgIpc) is 3.46. The summed E-state index contributed by atoms with van der Waals surface area (Å²) in [4.78, 5) is 23.3. The Balaban J connectivity index is 1.46. The second-order valence-corrected chi connectivity index (χ2v) is 12.2. The summed E-state index contributed by atoms with van der Waals surface area (Å²) in [6.45, 7) is -0.549. The maximum Gasteiger partial charge on any atom is 0.248 e. The van der Waals surface area contributed by atoms with E-state index >= 15 is 0 Å². The van der Waals surface area contributed by atoms with Crippen molar-refractivity contribution in [1.29, 1.82) is 0 Å². The summed E-state index contributed by atoms with van der Waals surface area (Å²) in [7, 11) is -3.77. The van der Waals surface area contributed by atoms with Gasteiger partial charge in [-0.1, -0.05) is 30.3 Å². The average molecular weight is 549 g/mol. The van der Waals surface area contributed by atoms with E-state index in [-0.39, 0.29) is 40.4 Å². The van der Waals surface area contributed by atoms with Gasteiger partial charge in [0.2, 0.25) is 5.91 Å². The Morgan fingerprint density at radius 1 is 1.10 bits per heavy atom. The number of aromatic nitrogens is 4. The molecule has 11 nitrogen and oxygen atoms in total. The normalized spacial score (nSPS) is 21.0. The zero-order chi connectivity index (χ0) is 27.5. The molecule has 4 N–H and O–H groups in total. The number of aliphatic hydroxyl groups excluding tert-OH is 1. The molecule has 2 fully saturated rings. The molecule has 3 aromatic heterocycles. The first kappa shape index (κ1) is 25.3. The number of piperidine rings is 1. The highest BCUT2D eigenvalue weighted by atomic mass is 32.2. The van der Waals surface area contributed by atoms with Gasteiger partial charge in [-0.3, -0.25) is 9.78 Å². The van der Waals surface area contributed by atoms with E-state index in [0.717, 1.165) is 24.7 Å². The van der Waals surface area contributed by atoms with E-state index in [0.29, 0.717) is 41.0 Å². The van der Waals surface area contributed by atoms with Crippen molar-refractivity contribution in [2.75, 3.05) is 18.6 Å². The highest BCUT2D eigenvalue weighted by molar-refractivity contribution is 7.91. The van der Waals surface area contributed by atoms with Crippen molar-refractivity contribution in [2.24, 2.45) is 0 Å². The molecule has 39 heavy (non-hydrogen) atoms. The van der Waals surface area contributed by atoms with Gasteiger partial charge >= 0.3 is 0 Å². The Kier molecular flexibility index (Phi) is 6.03. The van der Waals surface area contributed by atoms with Crippen LogP contribution in [0.4, 0.5) is 5.82 Å². The van der Waals surface area contributed by atoms with Crippen LogP contribution in [-0.4, -0.2) is 74.0 Å². The predicted molar refractivity (Wildman–Crippen MR) is 144 cm³/mol. The van der Waals surface area contributed by atoms with Crippen LogP contribution in [0.5, 0.6) is 5.75 Å². The van der Waals surface area contributed by atoms with Crippen molar-refractivity contribution < 1.29 is 23.4 Å². The number of sulfone groups is 1. The van der Waals surface area contributed by atoms with Crippen molar-refractivity contribution in [3.8, 4) is 28.1 Å². The van der Waals surface area contributed by atoms with Gasteiger partial charge in [0, 0.05) is 47.1 Å². The van der Waals surface area contributed by atoms with Gasteiger partial charge in [-0.25, -0.2) is 13.4 Å². The summed E-state index contributed by atoms with van der Waals surface area (Å²) < 4.78 is 27.2. The van der Waals surface area contributed by atoms with Crippen LogP contribution in [-0.2, 0) is 14.6 Å². The lowest BCUT2D eigenvalue weighted by Gasteiger charge is -2.39. The summed E-state index contributed by atoms with van der Waals surface area (Å²) in [6, 6.07) is 10.7. The lowest BCUT2D eigenvalue weighted by atomic mass is 9.87. The van der Waals surface area contributed by atoms with Crippen molar-refractivity contribution in [1.82, 2.24) is 24.5 Å². The van der Waals surface area contributed by atoms with Gasteiger partial charge in [-0.15, -0.1) is 0 Å². The SMILES string of the molecule is CS(=O)(=O)c1c(C2C[C@H]3CC[C@@H](C2)N3C(=O)CO)nc2c(-c3cnc(-c4ccccc4)c(O)c3)cnn2c1N.